The Bertz CT molecular complexity index is 524. The Morgan fingerprint density at radius 3 is 2.30 bits per heavy atom. The second-order valence-electron chi connectivity index (χ2n) is 6.37. The van der Waals surface area contributed by atoms with Crippen LogP contribution in [0.3, 0.4) is 0 Å². The van der Waals surface area contributed by atoms with Crippen LogP contribution >= 0.6 is 0 Å². The smallest absolute Gasteiger partial charge is 0.233 e. The fourth-order valence-corrected chi connectivity index (χ4v) is 3.64. The third kappa shape index (κ3) is 1.82. The number of benzene rings is 1. The summed E-state index contributed by atoms with van der Waals surface area (Å²) in [5.74, 6) is 0.294. The highest BCUT2D eigenvalue weighted by Crippen LogP contribution is 2.50. The SMILES string of the molecule is Nc1ccc(C2(C(=O)N3CC4CCC(C3)O4)CC2)cc1. The molecule has 1 saturated carbocycles. The topological polar surface area (TPSA) is 55.6 Å². The summed E-state index contributed by atoms with van der Waals surface area (Å²) in [5.41, 5.74) is 7.34. The summed E-state index contributed by atoms with van der Waals surface area (Å²) < 4.78 is 5.82. The number of hydrogen-bond donors (Lipinski definition) is 1. The number of nitrogen functional groups attached to an aromatic ring is 1. The number of rotatable bonds is 2. The van der Waals surface area contributed by atoms with Crippen molar-refractivity contribution in [3.8, 4) is 0 Å². The molecule has 0 radical (unpaired) electrons. The van der Waals surface area contributed by atoms with Crippen LogP contribution in [0.25, 0.3) is 0 Å². The lowest BCUT2D eigenvalue weighted by Crippen LogP contribution is -2.49. The summed E-state index contributed by atoms with van der Waals surface area (Å²) in [5, 5.41) is 0. The van der Waals surface area contributed by atoms with Gasteiger partial charge in [-0.05, 0) is 43.4 Å². The Morgan fingerprint density at radius 2 is 1.75 bits per heavy atom. The van der Waals surface area contributed by atoms with Crippen LogP contribution in [0.5, 0.6) is 0 Å². The molecule has 1 aliphatic carbocycles. The molecule has 0 aromatic heterocycles. The van der Waals surface area contributed by atoms with E-state index < -0.39 is 0 Å². The van der Waals surface area contributed by atoms with E-state index in [0.717, 1.165) is 50.0 Å². The van der Waals surface area contributed by atoms with Crippen LogP contribution < -0.4 is 5.73 Å². The molecule has 2 bridgehead atoms. The van der Waals surface area contributed by atoms with Gasteiger partial charge in [0, 0.05) is 18.8 Å². The van der Waals surface area contributed by atoms with Crippen molar-refractivity contribution >= 4 is 11.6 Å². The number of ether oxygens (including phenoxy) is 1. The van der Waals surface area contributed by atoms with Crippen molar-refractivity contribution in [3.05, 3.63) is 29.8 Å². The highest BCUT2D eigenvalue weighted by Gasteiger charge is 2.54. The lowest BCUT2D eigenvalue weighted by molar-refractivity contribution is -0.142. The number of nitrogens with two attached hydrogens (primary N) is 1. The van der Waals surface area contributed by atoms with Gasteiger partial charge in [0.2, 0.25) is 5.91 Å². The molecule has 2 unspecified atom stereocenters. The average molecular weight is 272 g/mol. The van der Waals surface area contributed by atoms with Gasteiger partial charge < -0.3 is 15.4 Å². The van der Waals surface area contributed by atoms with Crippen LogP contribution in [-0.4, -0.2) is 36.1 Å². The minimum Gasteiger partial charge on any atom is -0.399 e. The highest BCUT2D eigenvalue weighted by molar-refractivity contribution is 5.91. The van der Waals surface area contributed by atoms with Crippen molar-refractivity contribution in [1.29, 1.82) is 0 Å². The van der Waals surface area contributed by atoms with Gasteiger partial charge >= 0.3 is 0 Å². The molecular weight excluding hydrogens is 252 g/mol. The van der Waals surface area contributed by atoms with E-state index in [2.05, 4.69) is 0 Å². The largest absolute Gasteiger partial charge is 0.399 e. The van der Waals surface area contributed by atoms with Crippen molar-refractivity contribution in [2.45, 2.75) is 43.3 Å². The third-order valence-electron chi connectivity index (χ3n) is 4.95. The molecule has 2 N–H and O–H groups in total. The van der Waals surface area contributed by atoms with E-state index in [1.54, 1.807) is 0 Å². The number of anilines is 1. The molecule has 3 fully saturated rings. The minimum atomic E-state index is -0.273. The standard InChI is InChI=1S/C16H20N2O2/c17-12-3-1-11(2-4-12)16(7-8-16)15(19)18-9-13-5-6-14(10-18)20-13/h1-4,13-14H,5-10,17H2. The first-order chi connectivity index (χ1) is 9.67. The van der Waals surface area contributed by atoms with Gasteiger partial charge in [-0.15, -0.1) is 0 Å². The van der Waals surface area contributed by atoms with E-state index >= 15 is 0 Å². The van der Waals surface area contributed by atoms with Gasteiger partial charge in [-0.25, -0.2) is 0 Å². The second kappa shape index (κ2) is 4.22. The molecule has 1 amide bonds. The average Bonchev–Trinajstić information content (AvgIpc) is 3.20. The maximum atomic E-state index is 12.9. The van der Waals surface area contributed by atoms with Crippen LogP contribution in [0.4, 0.5) is 5.69 Å². The molecule has 1 aromatic rings. The number of morpholine rings is 1. The van der Waals surface area contributed by atoms with Crippen molar-refractivity contribution in [3.63, 3.8) is 0 Å². The molecule has 1 aromatic carbocycles. The Morgan fingerprint density at radius 1 is 1.15 bits per heavy atom. The zero-order chi connectivity index (χ0) is 13.7. The van der Waals surface area contributed by atoms with Crippen molar-refractivity contribution < 1.29 is 9.53 Å². The molecule has 4 heteroatoms. The van der Waals surface area contributed by atoms with E-state index in [9.17, 15) is 4.79 Å². The number of carbonyl (C=O) groups excluding carboxylic acids is 1. The van der Waals surface area contributed by atoms with Crippen LogP contribution in [0, 0.1) is 0 Å². The van der Waals surface area contributed by atoms with Crippen molar-refractivity contribution in [2.75, 3.05) is 18.8 Å². The summed E-state index contributed by atoms with van der Waals surface area (Å²) in [6, 6.07) is 7.81. The molecule has 0 spiro atoms. The van der Waals surface area contributed by atoms with Crippen molar-refractivity contribution in [1.82, 2.24) is 4.90 Å². The maximum absolute atomic E-state index is 12.9. The monoisotopic (exact) mass is 272 g/mol. The first-order valence-corrected chi connectivity index (χ1v) is 7.48. The Labute approximate surface area is 118 Å². The number of carbonyl (C=O) groups is 1. The molecule has 20 heavy (non-hydrogen) atoms. The molecule has 4 nitrogen and oxygen atoms in total. The predicted octanol–water partition coefficient (Wildman–Crippen LogP) is 1.69. The summed E-state index contributed by atoms with van der Waals surface area (Å²) in [6.45, 7) is 1.54. The molecular formula is C16H20N2O2. The van der Waals surface area contributed by atoms with Gasteiger partial charge in [0.05, 0.1) is 17.6 Å². The summed E-state index contributed by atoms with van der Waals surface area (Å²) in [6.07, 6.45) is 4.65. The first-order valence-electron chi connectivity index (χ1n) is 7.48. The van der Waals surface area contributed by atoms with E-state index in [1.807, 2.05) is 29.2 Å². The summed E-state index contributed by atoms with van der Waals surface area (Å²) in [4.78, 5) is 15.0. The fraction of sp³-hybridized carbons (Fsp3) is 0.562. The molecule has 106 valence electrons. The quantitative estimate of drug-likeness (QED) is 0.834. The first kappa shape index (κ1) is 12.2. The van der Waals surface area contributed by atoms with Gasteiger partial charge in [0.15, 0.2) is 0 Å². The Kier molecular flexibility index (Phi) is 2.58. The molecule has 4 rings (SSSR count). The summed E-state index contributed by atoms with van der Waals surface area (Å²) in [7, 11) is 0. The Hall–Kier alpha value is -1.55. The van der Waals surface area contributed by atoms with Crippen LogP contribution in [-0.2, 0) is 14.9 Å². The molecule has 2 saturated heterocycles. The van der Waals surface area contributed by atoms with Gasteiger partial charge in [-0.2, -0.15) is 0 Å². The molecule has 2 aliphatic heterocycles. The molecule has 2 heterocycles. The van der Waals surface area contributed by atoms with E-state index in [0.29, 0.717) is 5.91 Å². The summed E-state index contributed by atoms with van der Waals surface area (Å²) >= 11 is 0. The number of hydrogen-bond acceptors (Lipinski definition) is 3. The van der Waals surface area contributed by atoms with E-state index in [-0.39, 0.29) is 17.6 Å². The van der Waals surface area contributed by atoms with Crippen LogP contribution in [0.2, 0.25) is 0 Å². The van der Waals surface area contributed by atoms with Gasteiger partial charge in [0.25, 0.3) is 0 Å². The van der Waals surface area contributed by atoms with E-state index in [4.69, 9.17) is 10.5 Å². The second-order valence-corrected chi connectivity index (χ2v) is 6.37. The van der Waals surface area contributed by atoms with Crippen LogP contribution in [0.15, 0.2) is 24.3 Å². The van der Waals surface area contributed by atoms with Gasteiger partial charge in [-0.1, -0.05) is 12.1 Å². The Balaban J connectivity index is 1.57. The molecule has 3 aliphatic rings. The number of fused-ring (bicyclic) bond motifs is 2. The lowest BCUT2D eigenvalue weighted by atomic mass is 9.93. The zero-order valence-corrected chi connectivity index (χ0v) is 11.5. The van der Waals surface area contributed by atoms with E-state index in [1.165, 1.54) is 0 Å². The third-order valence-corrected chi connectivity index (χ3v) is 4.95. The normalized spacial score (nSPS) is 30.3. The lowest BCUT2D eigenvalue weighted by Gasteiger charge is -2.34. The number of nitrogens with zero attached hydrogens (tertiary/aromatic N) is 1. The number of amides is 1. The maximum Gasteiger partial charge on any atom is 0.233 e. The van der Waals surface area contributed by atoms with Gasteiger partial charge in [0.1, 0.15) is 0 Å². The number of likely N-dealkylation sites (tertiary alicyclic amines) is 1. The fourth-order valence-electron chi connectivity index (χ4n) is 3.64. The van der Waals surface area contributed by atoms with Gasteiger partial charge in [-0.3, -0.25) is 4.79 Å². The minimum absolute atomic E-state index is 0.264. The van der Waals surface area contributed by atoms with Crippen molar-refractivity contribution in [2.24, 2.45) is 0 Å². The highest BCUT2D eigenvalue weighted by atomic mass is 16.5. The molecule has 2 atom stereocenters. The zero-order valence-electron chi connectivity index (χ0n) is 11.5. The predicted molar refractivity (Wildman–Crippen MR) is 76.2 cm³/mol. The van der Waals surface area contributed by atoms with Crippen LogP contribution in [0.1, 0.15) is 31.2 Å².